The number of ether oxygens (including phenoxy) is 1. The lowest BCUT2D eigenvalue weighted by atomic mass is 9.85. The number of nitrogens with one attached hydrogen (secondary N) is 1. The summed E-state index contributed by atoms with van der Waals surface area (Å²) in [7, 11) is 0. The second-order valence-electron chi connectivity index (χ2n) is 6.81. The van der Waals surface area contributed by atoms with Gasteiger partial charge in [0.1, 0.15) is 5.75 Å². The van der Waals surface area contributed by atoms with Crippen LogP contribution in [0, 0.1) is 0 Å². The minimum atomic E-state index is -1.86. The quantitative estimate of drug-likeness (QED) is 0.462. The molecule has 0 atom stereocenters. The van der Waals surface area contributed by atoms with E-state index in [0.29, 0.717) is 28.3 Å². The van der Waals surface area contributed by atoms with Crippen molar-refractivity contribution in [3.63, 3.8) is 0 Å². The number of rotatable bonds is 6. The highest BCUT2D eigenvalue weighted by molar-refractivity contribution is 6.01. The molecular weight excluding hydrogens is 374 g/mol. The zero-order valence-corrected chi connectivity index (χ0v) is 16.2. The predicted molar refractivity (Wildman–Crippen MR) is 117 cm³/mol. The lowest BCUT2D eigenvalue weighted by Crippen LogP contribution is -2.41. The number of hydrogen-bond acceptors (Lipinski definition) is 3. The third kappa shape index (κ3) is 3.95. The van der Waals surface area contributed by atoms with Crippen LogP contribution >= 0.6 is 0 Å². The van der Waals surface area contributed by atoms with Gasteiger partial charge in [0.15, 0.2) is 11.4 Å². The SMILES string of the molecule is O=C(Nc1ccccc1Oc1ccccc1)C(O)(c1ccccc1)c1ccccc1. The third-order valence-corrected chi connectivity index (χ3v) is 4.82. The molecule has 1 amide bonds. The van der Waals surface area contributed by atoms with Crippen LogP contribution in [0.4, 0.5) is 5.69 Å². The Kier molecular flexibility index (Phi) is 5.59. The first-order chi connectivity index (χ1) is 14.7. The third-order valence-electron chi connectivity index (χ3n) is 4.82. The number of amides is 1. The Balaban J connectivity index is 1.69. The molecule has 0 aliphatic heterocycles. The molecule has 148 valence electrons. The van der Waals surface area contributed by atoms with Gasteiger partial charge in [-0.3, -0.25) is 4.79 Å². The summed E-state index contributed by atoms with van der Waals surface area (Å²) in [5.74, 6) is 0.574. The zero-order chi connectivity index (χ0) is 20.8. The molecule has 0 radical (unpaired) electrons. The number of benzene rings is 4. The normalized spacial score (nSPS) is 11.0. The van der Waals surface area contributed by atoms with E-state index in [1.165, 1.54) is 0 Å². The number of hydrogen-bond donors (Lipinski definition) is 2. The highest BCUT2D eigenvalue weighted by Gasteiger charge is 2.40. The number of para-hydroxylation sites is 3. The number of carbonyl (C=O) groups is 1. The maximum atomic E-state index is 13.4. The average Bonchev–Trinajstić information content (AvgIpc) is 2.81. The summed E-state index contributed by atoms with van der Waals surface area (Å²) in [4.78, 5) is 13.4. The minimum absolute atomic E-state index is 0.469. The molecule has 0 heterocycles. The van der Waals surface area contributed by atoms with Gasteiger partial charge < -0.3 is 15.2 Å². The van der Waals surface area contributed by atoms with Crippen molar-refractivity contribution in [3.8, 4) is 11.5 Å². The molecular formula is C26H21NO3. The summed E-state index contributed by atoms with van der Waals surface area (Å²) in [5, 5.41) is 14.5. The molecule has 4 heteroatoms. The van der Waals surface area contributed by atoms with Crippen molar-refractivity contribution >= 4 is 11.6 Å². The molecule has 0 spiro atoms. The molecule has 0 saturated heterocycles. The van der Waals surface area contributed by atoms with E-state index >= 15 is 0 Å². The molecule has 0 aliphatic carbocycles. The average molecular weight is 395 g/mol. The summed E-state index contributed by atoms with van der Waals surface area (Å²) < 4.78 is 5.94. The van der Waals surface area contributed by atoms with Crippen LogP contribution in [0.5, 0.6) is 11.5 Å². The number of aliphatic hydroxyl groups is 1. The maximum Gasteiger partial charge on any atom is 0.265 e. The molecule has 4 nitrogen and oxygen atoms in total. The van der Waals surface area contributed by atoms with E-state index in [1.54, 1.807) is 66.7 Å². The van der Waals surface area contributed by atoms with Crippen LogP contribution in [0.15, 0.2) is 115 Å². The van der Waals surface area contributed by atoms with Crippen LogP contribution < -0.4 is 10.1 Å². The second-order valence-corrected chi connectivity index (χ2v) is 6.81. The first-order valence-electron chi connectivity index (χ1n) is 9.65. The summed E-state index contributed by atoms with van der Waals surface area (Å²) >= 11 is 0. The summed E-state index contributed by atoms with van der Waals surface area (Å²) in [5.41, 5.74) is -0.426. The molecule has 0 bridgehead atoms. The first-order valence-corrected chi connectivity index (χ1v) is 9.65. The van der Waals surface area contributed by atoms with Gasteiger partial charge in [0.25, 0.3) is 5.91 Å². The fourth-order valence-corrected chi connectivity index (χ4v) is 3.27. The minimum Gasteiger partial charge on any atom is -0.455 e. The van der Waals surface area contributed by atoms with Crippen molar-refractivity contribution in [2.24, 2.45) is 0 Å². The Morgan fingerprint density at radius 3 is 1.70 bits per heavy atom. The molecule has 0 unspecified atom stereocenters. The zero-order valence-electron chi connectivity index (χ0n) is 16.2. The van der Waals surface area contributed by atoms with Gasteiger partial charge in [-0.15, -0.1) is 0 Å². The van der Waals surface area contributed by atoms with E-state index in [4.69, 9.17) is 4.74 Å². The number of anilines is 1. The number of carbonyl (C=O) groups excluding carboxylic acids is 1. The van der Waals surface area contributed by atoms with Crippen molar-refractivity contribution < 1.29 is 14.6 Å². The fraction of sp³-hybridized carbons (Fsp3) is 0.0385. The molecule has 0 aromatic heterocycles. The largest absolute Gasteiger partial charge is 0.455 e. The smallest absolute Gasteiger partial charge is 0.265 e. The van der Waals surface area contributed by atoms with Gasteiger partial charge in [0.05, 0.1) is 5.69 Å². The Hall–Kier alpha value is -3.89. The monoisotopic (exact) mass is 395 g/mol. The second kappa shape index (κ2) is 8.64. The van der Waals surface area contributed by atoms with Crippen molar-refractivity contribution in [1.82, 2.24) is 0 Å². The Bertz CT molecular complexity index is 1070. The van der Waals surface area contributed by atoms with E-state index in [9.17, 15) is 9.90 Å². The van der Waals surface area contributed by atoms with E-state index in [0.717, 1.165) is 0 Å². The summed E-state index contributed by atoms with van der Waals surface area (Å²) in [6.07, 6.45) is 0. The standard InChI is InChI=1S/C26H21NO3/c28-25(26(29,20-12-4-1-5-13-20)21-14-6-2-7-15-21)27-23-18-10-11-19-24(23)30-22-16-8-3-9-17-22/h1-19,29H,(H,27,28). The van der Waals surface area contributed by atoms with Gasteiger partial charge in [0, 0.05) is 0 Å². The van der Waals surface area contributed by atoms with Crippen molar-refractivity contribution in [1.29, 1.82) is 0 Å². The van der Waals surface area contributed by atoms with Crippen LogP contribution in [0.25, 0.3) is 0 Å². The Morgan fingerprint density at radius 1 is 0.667 bits per heavy atom. The van der Waals surface area contributed by atoms with Crippen LogP contribution in [-0.2, 0) is 10.4 Å². The summed E-state index contributed by atoms with van der Waals surface area (Å²) in [6.45, 7) is 0. The van der Waals surface area contributed by atoms with E-state index < -0.39 is 11.5 Å². The molecule has 30 heavy (non-hydrogen) atoms. The maximum absolute atomic E-state index is 13.4. The summed E-state index contributed by atoms with van der Waals surface area (Å²) in [6, 6.07) is 34.3. The molecule has 0 fully saturated rings. The van der Waals surface area contributed by atoms with Crippen molar-refractivity contribution in [2.75, 3.05) is 5.32 Å². The molecule has 0 aliphatic rings. The molecule has 0 saturated carbocycles. The van der Waals surface area contributed by atoms with Crippen molar-refractivity contribution in [2.45, 2.75) is 5.60 Å². The van der Waals surface area contributed by atoms with Gasteiger partial charge in [0.2, 0.25) is 0 Å². The topological polar surface area (TPSA) is 58.6 Å². The van der Waals surface area contributed by atoms with Crippen LogP contribution in [0.1, 0.15) is 11.1 Å². The van der Waals surface area contributed by atoms with Gasteiger partial charge in [-0.2, -0.15) is 0 Å². The Labute approximate surface area is 175 Å². The van der Waals surface area contributed by atoms with E-state index in [-0.39, 0.29) is 0 Å². The Morgan fingerprint density at radius 2 is 1.13 bits per heavy atom. The van der Waals surface area contributed by atoms with E-state index in [2.05, 4.69) is 5.32 Å². The van der Waals surface area contributed by atoms with Gasteiger partial charge >= 0.3 is 0 Å². The van der Waals surface area contributed by atoms with Gasteiger partial charge in [-0.1, -0.05) is 91.0 Å². The molecule has 2 N–H and O–H groups in total. The molecule has 4 rings (SSSR count). The lowest BCUT2D eigenvalue weighted by molar-refractivity contribution is -0.131. The fourth-order valence-electron chi connectivity index (χ4n) is 3.27. The van der Waals surface area contributed by atoms with Crippen LogP contribution in [-0.4, -0.2) is 11.0 Å². The van der Waals surface area contributed by atoms with Gasteiger partial charge in [-0.05, 0) is 35.4 Å². The van der Waals surface area contributed by atoms with Gasteiger partial charge in [-0.25, -0.2) is 0 Å². The predicted octanol–water partition coefficient (Wildman–Crippen LogP) is 5.35. The molecule has 4 aromatic carbocycles. The van der Waals surface area contributed by atoms with Crippen molar-refractivity contribution in [3.05, 3.63) is 126 Å². The van der Waals surface area contributed by atoms with Crippen LogP contribution in [0.2, 0.25) is 0 Å². The first kappa shape index (κ1) is 19.4. The highest BCUT2D eigenvalue weighted by atomic mass is 16.5. The highest BCUT2D eigenvalue weighted by Crippen LogP contribution is 2.34. The lowest BCUT2D eigenvalue weighted by Gasteiger charge is -2.28. The molecule has 4 aromatic rings. The van der Waals surface area contributed by atoms with Crippen LogP contribution in [0.3, 0.4) is 0 Å². The van der Waals surface area contributed by atoms with E-state index in [1.807, 2.05) is 48.5 Å².